The van der Waals surface area contributed by atoms with Crippen LogP contribution in [0.5, 0.6) is 0 Å². The van der Waals surface area contributed by atoms with Crippen LogP contribution in [0.2, 0.25) is 0 Å². The van der Waals surface area contributed by atoms with E-state index in [1.54, 1.807) is 4.90 Å². The highest BCUT2D eigenvalue weighted by Gasteiger charge is 2.31. The Morgan fingerprint density at radius 1 is 1.11 bits per heavy atom. The van der Waals surface area contributed by atoms with E-state index in [-0.39, 0.29) is 23.9 Å². The van der Waals surface area contributed by atoms with Gasteiger partial charge in [0.05, 0.1) is 11.4 Å². The fourth-order valence-electron chi connectivity index (χ4n) is 3.69. The number of piperazine rings is 1. The summed E-state index contributed by atoms with van der Waals surface area (Å²) in [5.41, 5.74) is 0. The second-order valence-electron chi connectivity index (χ2n) is 7.34. The maximum atomic E-state index is 13.4. The van der Waals surface area contributed by atoms with Crippen LogP contribution in [0.3, 0.4) is 0 Å². The molecule has 9 heteroatoms. The van der Waals surface area contributed by atoms with Gasteiger partial charge in [0.1, 0.15) is 0 Å². The van der Waals surface area contributed by atoms with Crippen molar-refractivity contribution in [3.05, 3.63) is 29.8 Å². The zero-order valence-corrected chi connectivity index (χ0v) is 16.2. The summed E-state index contributed by atoms with van der Waals surface area (Å²) in [5.74, 6) is -1.68. The highest BCUT2D eigenvalue weighted by molar-refractivity contribution is 7.89. The van der Waals surface area contributed by atoms with Gasteiger partial charge in [-0.15, -0.1) is 0 Å². The van der Waals surface area contributed by atoms with E-state index in [1.807, 2.05) is 0 Å². The molecule has 2 heterocycles. The SMILES string of the molecule is C[C@H]1CCCN(CC(=O)N2CCN(S(=O)(=O)c3ccc(F)c(F)c3)CC2)C1. The predicted molar refractivity (Wildman–Crippen MR) is 96.5 cm³/mol. The Morgan fingerprint density at radius 3 is 2.44 bits per heavy atom. The molecule has 1 aromatic carbocycles. The number of benzene rings is 1. The smallest absolute Gasteiger partial charge is 0.243 e. The number of sulfonamides is 1. The van der Waals surface area contributed by atoms with Crippen molar-refractivity contribution in [3.63, 3.8) is 0 Å². The molecule has 1 aromatic rings. The molecule has 2 aliphatic rings. The lowest BCUT2D eigenvalue weighted by Crippen LogP contribution is -2.53. The average Bonchev–Trinajstić information content (AvgIpc) is 2.64. The largest absolute Gasteiger partial charge is 0.339 e. The third kappa shape index (κ3) is 4.64. The van der Waals surface area contributed by atoms with Crippen LogP contribution in [-0.2, 0) is 14.8 Å². The molecule has 0 aliphatic carbocycles. The third-order valence-electron chi connectivity index (χ3n) is 5.22. The number of halogens is 2. The molecule has 0 unspecified atom stereocenters. The quantitative estimate of drug-likeness (QED) is 0.768. The van der Waals surface area contributed by atoms with Gasteiger partial charge in [-0.1, -0.05) is 6.92 Å². The summed E-state index contributed by atoms with van der Waals surface area (Å²) in [6.45, 7) is 5.25. The number of likely N-dealkylation sites (tertiary alicyclic amines) is 1. The zero-order chi connectivity index (χ0) is 19.6. The molecule has 0 N–H and O–H groups in total. The van der Waals surface area contributed by atoms with E-state index in [1.165, 1.54) is 10.7 Å². The Bertz CT molecular complexity index is 795. The van der Waals surface area contributed by atoms with Crippen LogP contribution in [-0.4, -0.2) is 74.2 Å². The molecule has 1 atom stereocenters. The number of amides is 1. The first-order chi connectivity index (χ1) is 12.8. The number of hydrogen-bond acceptors (Lipinski definition) is 4. The van der Waals surface area contributed by atoms with E-state index >= 15 is 0 Å². The number of piperidine rings is 1. The molecule has 150 valence electrons. The van der Waals surface area contributed by atoms with Gasteiger partial charge in [0.15, 0.2) is 11.6 Å². The van der Waals surface area contributed by atoms with Gasteiger partial charge in [-0.25, -0.2) is 17.2 Å². The van der Waals surface area contributed by atoms with Crippen LogP contribution in [0.4, 0.5) is 8.78 Å². The Labute approximate surface area is 158 Å². The van der Waals surface area contributed by atoms with Gasteiger partial charge >= 0.3 is 0 Å². The van der Waals surface area contributed by atoms with E-state index in [2.05, 4.69) is 11.8 Å². The molecule has 0 saturated carbocycles. The molecule has 27 heavy (non-hydrogen) atoms. The van der Waals surface area contributed by atoms with E-state index < -0.39 is 21.7 Å². The van der Waals surface area contributed by atoms with E-state index in [4.69, 9.17) is 0 Å². The molecule has 2 saturated heterocycles. The number of hydrogen-bond donors (Lipinski definition) is 0. The second kappa shape index (κ2) is 8.20. The van der Waals surface area contributed by atoms with Gasteiger partial charge in [0.2, 0.25) is 15.9 Å². The fourth-order valence-corrected chi connectivity index (χ4v) is 5.12. The van der Waals surface area contributed by atoms with Gasteiger partial charge in [0, 0.05) is 32.7 Å². The molecule has 6 nitrogen and oxygen atoms in total. The van der Waals surface area contributed by atoms with Crippen molar-refractivity contribution < 1.29 is 22.0 Å². The fraction of sp³-hybridized carbons (Fsp3) is 0.611. The van der Waals surface area contributed by atoms with Crippen molar-refractivity contribution in [3.8, 4) is 0 Å². The summed E-state index contributed by atoms with van der Waals surface area (Å²) in [6.07, 6.45) is 2.28. The molecule has 0 spiro atoms. The predicted octanol–water partition coefficient (Wildman–Crippen LogP) is 1.53. The first-order valence-corrected chi connectivity index (χ1v) is 10.7. The van der Waals surface area contributed by atoms with Gasteiger partial charge in [-0.2, -0.15) is 4.31 Å². The monoisotopic (exact) mass is 401 g/mol. The maximum Gasteiger partial charge on any atom is 0.243 e. The number of carbonyl (C=O) groups excluding carboxylic acids is 1. The molecule has 3 rings (SSSR count). The Morgan fingerprint density at radius 2 is 1.81 bits per heavy atom. The first kappa shape index (κ1) is 20.2. The van der Waals surface area contributed by atoms with Crippen LogP contribution in [0.1, 0.15) is 19.8 Å². The normalized spacial score (nSPS) is 22.8. The average molecular weight is 401 g/mol. The topological polar surface area (TPSA) is 60.9 Å². The molecule has 0 bridgehead atoms. The lowest BCUT2D eigenvalue weighted by molar-refractivity contribution is -0.134. The summed E-state index contributed by atoms with van der Waals surface area (Å²) in [5, 5.41) is 0. The number of rotatable bonds is 4. The molecule has 2 aliphatic heterocycles. The van der Waals surface area contributed by atoms with Crippen LogP contribution in [0.25, 0.3) is 0 Å². The lowest BCUT2D eigenvalue weighted by Gasteiger charge is -2.36. The summed E-state index contributed by atoms with van der Waals surface area (Å²) in [4.78, 5) is 16.1. The van der Waals surface area contributed by atoms with Gasteiger partial charge in [0.25, 0.3) is 0 Å². The van der Waals surface area contributed by atoms with E-state index in [0.29, 0.717) is 31.6 Å². The third-order valence-corrected chi connectivity index (χ3v) is 7.11. The summed E-state index contributed by atoms with van der Waals surface area (Å²) >= 11 is 0. The molecular weight excluding hydrogens is 376 g/mol. The van der Waals surface area contributed by atoms with Crippen LogP contribution >= 0.6 is 0 Å². The minimum Gasteiger partial charge on any atom is -0.339 e. The molecular formula is C18H25F2N3O3S. The minimum absolute atomic E-state index is 0.00831. The minimum atomic E-state index is -3.91. The standard InChI is InChI=1S/C18H25F2N3O3S/c1-14-3-2-6-21(12-14)13-18(24)22-7-9-23(10-8-22)27(25,26)15-4-5-16(19)17(20)11-15/h4-5,11,14H,2-3,6-10,12-13H2,1H3/t14-/m0/s1. The van der Waals surface area contributed by atoms with Crippen molar-refractivity contribution in [2.24, 2.45) is 5.92 Å². The van der Waals surface area contributed by atoms with Crippen LogP contribution in [0.15, 0.2) is 23.1 Å². The highest BCUT2D eigenvalue weighted by Crippen LogP contribution is 2.20. The van der Waals surface area contributed by atoms with E-state index in [9.17, 15) is 22.0 Å². The summed E-state index contributed by atoms with van der Waals surface area (Å²) < 4.78 is 52.9. The molecule has 0 radical (unpaired) electrons. The Kier molecular flexibility index (Phi) is 6.12. The number of nitrogens with zero attached hydrogens (tertiary/aromatic N) is 3. The number of carbonyl (C=O) groups is 1. The second-order valence-corrected chi connectivity index (χ2v) is 9.28. The Hall–Kier alpha value is -1.58. The van der Waals surface area contributed by atoms with Crippen molar-refractivity contribution >= 4 is 15.9 Å². The van der Waals surface area contributed by atoms with Gasteiger partial charge in [-0.05, 0) is 43.5 Å². The van der Waals surface area contributed by atoms with Crippen molar-refractivity contribution in [2.75, 3.05) is 45.8 Å². The zero-order valence-electron chi connectivity index (χ0n) is 15.4. The van der Waals surface area contributed by atoms with Crippen LogP contribution in [0, 0.1) is 17.6 Å². The van der Waals surface area contributed by atoms with Crippen molar-refractivity contribution in [2.45, 2.75) is 24.7 Å². The van der Waals surface area contributed by atoms with Crippen molar-refractivity contribution in [1.29, 1.82) is 0 Å². The first-order valence-electron chi connectivity index (χ1n) is 9.22. The molecule has 2 fully saturated rings. The maximum absolute atomic E-state index is 13.4. The Balaban J connectivity index is 1.57. The molecule has 0 aromatic heterocycles. The summed E-state index contributed by atoms with van der Waals surface area (Å²) in [6, 6.07) is 2.56. The lowest BCUT2D eigenvalue weighted by atomic mass is 10.0. The van der Waals surface area contributed by atoms with Crippen LogP contribution < -0.4 is 0 Å². The van der Waals surface area contributed by atoms with Crippen molar-refractivity contribution in [1.82, 2.24) is 14.1 Å². The highest BCUT2D eigenvalue weighted by atomic mass is 32.2. The van der Waals surface area contributed by atoms with E-state index in [0.717, 1.165) is 31.6 Å². The van der Waals surface area contributed by atoms with Gasteiger partial charge < -0.3 is 4.90 Å². The van der Waals surface area contributed by atoms with Gasteiger partial charge in [-0.3, -0.25) is 9.69 Å². The summed E-state index contributed by atoms with van der Waals surface area (Å²) in [7, 11) is -3.91. The molecule has 1 amide bonds.